The minimum atomic E-state index is -1.21. The first-order valence-corrected chi connectivity index (χ1v) is 18.0. The van der Waals surface area contributed by atoms with E-state index in [1.165, 1.54) is 0 Å². The number of fused-ring (bicyclic) bond motifs is 3. The third kappa shape index (κ3) is 6.59. The van der Waals surface area contributed by atoms with Crippen LogP contribution >= 0.6 is 0 Å². The SMILES string of the molecule is CC(C)(C)OC(=O)[C@@H]1CCCN1C(=O)[C@H](NC(=O)OCC1c2ccccc2-c2ccccc21)C(c1ccccc1)(c1ccccc1)c1ccccc1. The first-order valence-electron chi connectivity index (χ1n) is 18.0. The zero-order valence-electron chi connectivity index (χ0n) is 29.8. The first-order chi connectivity index (χ1) is 25.2. The van der Waals surface area contributed by atoms with Gasteiger partial charge >= 0.3 is 12.1 Å². The Balaban J connectivity index is 1.32. The van der Waals surface area contributed by atoms with Gasteiger partial charge in [-0.1, -0.05) is 140 Å². The second-order valence-corrected chi connectivity index (χ2v) is 14.5. The molecule has 0 aromatic heterocycles. The Morgan fingerprint density at radius 2 is 1.15 bits per heavy atom. The Kier molecular flexibility index (Phi) is 9.69. The molecule has 0 unspecified atom stereocenters. The first kappa shape index (κ1) is 34.7. The van der Waals surface area contributed by atoms with Crippen molar-refractivity contribution in [3.05, 3.63) is 167 Å². The van der Waals surface area contributed by atoms with Crippen molar-refractivity contribution in [2.24, 2.45) is 0 Å². The van der Waals surface area contributed by atoms with Crippen LogP contribution in [0.5, 0.6) is 0 Å². The molecular weight excluding hydrogens is 649 g/mol. The van der Waals surface area contributed by atoms with E-state index < -0.39 is 41.1 Å². The van der Waals surface area contributed by atoms with Crippen LogP contribution in [0.15, 0.2) is 140 Å². The van der Waals surface area contributed by atoms with E-state index in [9.17, 15) is 9.59 Å². The number of amides is 2. The third-order valence-electron chi connectivity index (χ3n) is 10.2. The molecule has 0 bridgehead atoms. The van der Waals surface area contributed by atoms with Gasteiger partial charge in [-0.3, -0.25) is 4.79 Å². The number of alkyl carbamates (subject to hydrolysis) is 1. The van der Waals surface area contributed by atoms with Gasteiger partial charge in [-0.25, -0.2) is 9.59 Å². The maximum absolute atomic E-state index is 15.4. The highest BCUT2D eigenvalue weighted by Crippen LogP contribution is 2.46. The van der Waals surface area contributed by atoms with Gasteiger partial charge in [0.2, 0.25) is 5.91 Å². The van der Waals surface area contributed by atoms with Crippen LogP contribution in [0.3, 0.4) is 0 Å². The summed E-state index contributed by atoms with van der Waals surface area (Å²) in [6, 6.07) is 43.6. The van der Waals surface area contributed by atoms with Crippen LogP contribution in [0, 0.1) is 0 Å². The summed E-state index contributed by atoms with van der Waals surface area (Å²) < 4.78 is 11.9. The van der Waals surface area contributed by atoms with E-state index in [1.54, 1.807) is 4.90 Å². The molecular formula is C45H44N2O5. The maximum Gasteiger partial charge on any atom is 0.407 e. The zero-order chi connectivity index (χ0) is 36.3. The average Bonchev–Trinajstić information content (AvgIpc) is 3.78. The largest absolute Gasteiger partial charge is 0.458 e. The minimum absolute atomic E-state index is 0.0834. The number of carbonyl (C=O) groups is 3. The maximum atomic E-state index is 15.4. The molecule has 0 saturated carbocycles. The van der Waals surface area contributed by atoms with Crippen LogP contribution in [-0.2, 0) is 24.5 Å². The smallest absolute Gasteiger partial charge is 0.407 e. The van der Waals surface area contributed by atoms with Crippen LogP contribution in [0.4, 0.5) is 4.79 Å². The zero-order valence-corrected chi connectivity index (χ0v) is 29.8. The Bertz CT molecular complexity index is 1900. The molecule has 2 atom stereocenters. The van der Waals surface area contributed by atoms with E-state index in [4.69, 9.17) is 9.47 Å². The minimum Gasteiger partial charge on any atom is -0.458 e. The molecule has 0 radical (unpaired) electrons. The van der Waals surface area contributed by atoms with E-state index in [1.807, 2.05) is 136 Å². The number of ether oxygens (including phenoxy) is 2. The second kappa shape index (κ2) is 14.5. The predicted octanol–water partition coefficient (Wildman–Crippen LogP) is 8.26. The Labute approximate surface area is 305 Å². The number of hydrogen-bond donors (Lipinski definition) is 1. The molecule has 5 aromatic carbocycles. The van der Waals surface area contributed by atoms with Gasteiger partial charge in [-0.2, -0.15) is 0 Å². The highest BCUT2D eigenvalue weighted by Gasteiger charge is 2.52. The van der Waals surface area contributed by atoms with E-state index in [0.717, 1.165) is 38.9 Å². The van der Waals surface area contributed by atoms with Crippen molar-refractivity contribution < 1.29 is 23.9 Å². The fourth-order valence-corrected chi connectivity index (χ4v) is 8.03. The quantitative estimate of drug-likeness (QED) is 0.124. The van der Waals surface area contributed by atoms with E-state index in [2.05, 4.69) is 29.6 Å². The normalized spacial score (nSPS) is 16.1. The summed E-state index contributed by atoms with van der Waals surface area (Å²) in [6.45, 7) is 5.89. The van der Waals surface area contributed by atoms with Gasteiger partial charge in [0.25, 0.3) is 0 Å². The topological polar surface area (TPSA) is 84.9 Å². The lowest BCUT2D eigenvalue weighted by atomic mass is 9.64. The highest BCUT2D eigenvalue weighted by molar-refractivity contribution is 5.93. The Morgan fingerprint density at radius 1 is 0.692 bits per heavy atom. The van der Waals surface area contributed by atoms with E-state index >= 15 is 4.79 Å². The van der Waals surface area contributed by atoms with Crippen molar-refractivity contribution in [3.8, 4) is 11.1 Å². The molecule has 52 heavy (non-hydrogen) atoms. The molecule has 2 aliphatic rings. The van der Waals surface area contributed by atoms with Crippen LogP contribution in [0.25, 0.3) is 11.1 Å². The number of rotatable bonds is 9. The molecule has 7 nitrogen and oxygen atoms in total. The fourth-order valence-electron chi connectivity index (χ4n) is 8.03. The molecule has 1 heterocycles. The molecule has 0 spiro atoms. The number of hydrogen-bond acceptors (Lipinski definition) is 5. The van der Waals surface area contributed by atoms with Crippen LogP contribution in [0.2, 0.25) is 0 Å². The molecule has 1 N–H and O–H groups in total. The standard InChI is InChI=1S/C45H44N2O5/c1-44(2,3)52-42(49)39-28-17-29-47(39)41(48)40(46-43(50)51-30-38-36-26-15-13-24-34(36)35-25-14-16-27-37(35)38)45(31-18-7-4-8-19-31,32-20-9-5-10-21-32)33-22-11-6-12-23-33/h4-16,18-27,38-40H,17,28-30H2,1-3H3,(H,46,50)/t39-,40-/m0/s1. The number of nitrogens with one attached hydrogen (secondary N) is 1. The molecule has 264 valence electrons. The van der Waals surface area contributed by atoms with Crippen molar-refractivity contribution in [3.63, 3.8) is 0 Å². The molecule has 1 fully saturated rings. The lowest BCUT2D eigenvalue weighted by Crippen LogP contribution is -2.61. The fraction of sp³-hybridized carbons (Fsp3) is 0.267. The van der Waals surface area contributed by atoms with Gasteiger partial charge in [-0.05, 0) is 72.6 Å². The molecule has 1 aliphatic heterocycles. The van der Waals surface area contributed by atoms with Crippen LogP contribution in [-0.4, -0.2) is 53.7 Å². The Morgan fingerprint density at radius 3 is 1.63 bits per heavy atom. The van der Waals surface area contributed by atoms with Gasteiger partial charge in [0.1, 0.15) is 24.3 Å². The summed E-state index contributed by atoms with van der Waals surface area (Å²) in [5.41, 5.74) is 4.90. The summed E-state index contributed by atoms with van der Waals surface area (Å²) >= 11 is 0. The number of carbonyl (C=O) groups excluding carboxylic acids is 3. The molecule has 1 aliphatic carbocycles. The van der Waals surface area contributed by atoms with Gasteiger partial charge in [0.05, 0.1) is 5.41 Å². The van der Waals surface area contributed by atoms with Crippen LogP contribution in [0.1, 0.15) is 67.3 Å². The molecule has 2 amide bonds. The van der Waals surface area contributed by atoms with Crippen LogP contribution < -0.4 is 5.32 Å². The Hall–Kier alpha value is -5.69. The number of esters is 1. The molecule has 7 rings (SSSR count). The number of likely N-dealkylation sites (tertiary alicyclic amines) is 1. The summed E-state index contributed by atoms with van der Waals surface area (Å²) in [4.78, 5) is 44.9. The lowest BCUT2D eigenvalue weighted by molar-refractivity contribution is -0.163. The van der Waals surface area contributed by atoms with Crippen molar-refractivity contribution in [2.45, 2.75) is 62.6 Å². The van der Waals surface area contributed by atoms with Gasteiger partial charge in [0, 0.05) is 12.5 Å². The third-order valence-corrected chi connectivity index (χ3v) is 10.2. The van der Waals surface area contributed by atoms with E-state index in [-0.39, 0.29) is 12.5 Å². The second-order valence-electron chi connectivity index (χ2n) is 14.5. The molecule has 5 aromatic rings. The summed E-state index contributed by atoms with van der Waals surface area (Å²) in [6.07, 6.45) is 0.371. The van der Waals surface area contributed by atoms with Gasteiger partial charge in [-0.15, -0.1) is 0 Å². The molecule has 1 saturated heterocycles. The van der Waals surface area contributed by atoms with Crippen molar-refractivity contribution >= 4 is 18.0 Å². The number of nitrogens with zero attached hydrogens (tertiary/aromatic N) is 1. The summed E-state index contributed by atoms with van der Waals surface area (Å²) in [5, 5.41) is 3.11. The van der Waals surface area contributed by atoms with E-state index in [0.29, 0.717) is 19.4 Å². The monoisotopic (exact) mass is 692 g/mol. The lowest BCUT2D eigenvalue weighted by Gasteiger charge is -2.43. The summed E-state index contributed by atoms with van der Waals surface area (Å²) in [7, 11) is 0. The summed E-state index contributed by atoms with van der Waals surface area (Å²) in [5.74, 6) is -1.01. The van der Waals surface area contributed by atoms with Crippen molar-refractivity contribution in [1.29, 1.82) is 0 Å². The van der Waals surface area contributed by atoms with Gasteiger partial charge in [0.15, 0.2) is 0 Å². The highest BCUT2D eigenvalue weighted by atomic mass is 16.6. The van der Waals surface area contributed by atoms with Crippen molar-refractivity contribution in [2.75, 3.05) is 13.2 Å². The van der Waals surface area contributed by atoms with Crippen molar-refractivity contribution in [1.82, 2.24) is 10.2 Å². The predicted molar refractivity (Wildman–Crippen MR) is 202 cm³/mol. The number of benzene rings is 5. The molecule has 7 heteroatoms. The van der Waals surface area contributed by atoms with Gasteiger partial charge < -0.3 is 19.7 Å². The average molecular weight is 693 g/mol.